The Balaban J connectivity index is 1.88. The minimum atomic E-state index is -0.284. The molecule has 0 aliphatic heterocycles. The Morgan fingerprint density at radius 1 is 1.52 bits per heavy atom. The van der Waals surface area contributed by atoms with Crippen molar-refractivity contribution in [3.8, 4) is 5.75 Å². The van der Waals surface area contributed by atoms with Gasteiger partial charge in [0.2, 0.25) is 0 Å². The van der Waals surface area contributed by atoms with E-state index < -0.39 is 0 Å². The van der Waals surface area contributed by atoms with Crippen molar-refractivity contribution in [2.24, 2.45) is 5.92 Å². The average molecular weight is 330 g/mol. The molecule has 0 aromatic heterocycles. The minimum absolute atomic E-state index is 0.0205. The molecule has 1 aromatic carbocycles. The third kappa shape index (κ3) is 4.79. The van der Waals surface area contributed by atoms with Crippen LogP contribution in [0.3, 0.4) is 0 Å². The van der Waals surface area contributed by atoms with E-state index in [9.17, 15) is 4.79 Å². The second-order valence-electron chi connectivity index (χ2n) is 5.91. The predicted molar refractivity (Wildman–Crippen MR) is 86.2 cm³/mol. The van der Waals surface area contributed by atoms with Gasteiger partial charge in [-0.15, -0.1) is 11.6 Å². The van der Waals surface area contributed by atoms with Crippen LogP contribution in [0, 0.1) is 5.92 Å². The van der Waals surface area contributed by atoms with Crippen LogP contribution in [0.25, 0.3) is 0 Å². The largest absolute Gasteiger partial charge is 0.484 e. The van der Waals surface area contributed by atoms with Crippen LogP contribution in [0.15, 0.2) is 24.3 Å². The van der Waals surface area contributed by atoms with Crippen molar-refractivity contribution < 1.29 is 9.53 Å². The molecule has 5 heteroatoms. The van der Waals surface area contributed by atoms with Gasteiger partial charge < -0.3 is 10.1 Å². The topological polar surface area (TPSA) is 38.3 Å². The first kappa shape index (κ1) is 16.4. The zero-order valence-electron chi connectivity index (χ0n) is 12.2. The van der Waals surface area contributed by atoms with Gasteiger partial charge in [-0.1, -0.05) is 37.4 Å². The van der Waals surface area contributed by atoms with E-state index in [0.29, 0.717) is 22.6 Å². The number of carbonyl (C=O) groups excluding carboxylic acids is 1. The Labute approximate surface area is 136 Å². The summed E-state index contributed by atoms with van der Waals surface area (Å²) < 4.78 is 5.47. The first-order chi connectivity index (χ1) is 10.0. The third-order valence-electron chi connectivity index (χ3n) is 3.92. The highest BCUT2D eigenvalue weighted by atomic mass is 35.5. The van der Waals surface area contributed by atoms with Gasteiger partial charge in [-0.25, -0.2) is 0 Å². The van der Waals surface area contributed by atoms with Gasteiger partial charge in [-0.2, -0.15) is 0 Å². The van der Waals surface area contributed by atoms with E-state index in [0.717, 1.165) is 19.3 Å². The molecule has 0 saturated heterocycles. The molecule has 0 spiro atoms. The summed E-state index contributed by atoms with van der Waals surface area (Å²) in [5.41, 5.74) is -0.284. The molecule has 0 radical (unpaired) electrons. The molecule has 0 heterocycles. The van der Waals surface area contributed by atoms with Gasteiger partial charge in [0.05, 0.1) is 5.54 Å². The fourth-order valence-corrected chi connectivity index (χ4v) is 3.46. The molecule has 2 rings (SSSR count). The molecule has 116 valence electrons. The first-order valence-corrected chi connectivity index (χ1v) is 8.20. The Kier molecular flexibility index (Phi) is 5.77. The fourth-order valence-electron chi connectivity index (χ4n) is 2.97. The molecule has 1 aliphatic carbocycles. The molecule has 1 saturated carbocycles. The molecule has 1 N–H and O–H groups in total. The lowest BCUT2D eigenvalue weighted by Crippen LogP contribution is -2.53. The van der Waals surface area contributed by atoms with Crippen LogP contribution < -0.4 is 10.1 Å². The number of hydrogen-bond acceptors (Lipinski definition) is 2. The third-order valence-corrected chi connectivity index (χ3v) is 4.66. The van der Waals surface area contributed by atoms with Crippen LogP contribution in [0.1, 0.15) is 32.6 Å². The van der Waals surface area contributed by atoms with E-state index in [1.165, 1.54) is 6.42 Å². The number of rotatable bonds is 5. The standard InChI is InChI=1S/C16H21Cl2NO2/c1-12-4-3-7-16(9-12,11-17)19-15(20)10-21-14-6-2-5-13(18)8-14/h2,5-6,8,12H,3-4,7,9-11H2,1H3,(H,19,20). The summed E-state index contributed by atoms with van der Waals surface area (Å²) >= 11 is 12.0. The van der Waals surface area contributed by atoms with Crippen LogP contribution in [0.4, 0.5) is 0 Å². The van der Waals surface area contributed by atoms with Crippen LogP contribution >= 0.6 is 23.2 Å². The maximum absolute atomic E-state index is 12.1. The van der Waals surface area contributed by atoms with E-state index in [1.54, 1.807) is 24.3 Å². The van der Waals surface area contributed by atoms with E-state index in [1.807, 2.05) is 0 Å². The van der Waals surface area contributed by atoms with Crippen molar-refractivity contribution in [3.63, 3.8) is 0 Å². The normalized spacial score (nSPS) is 25.4. The monoisotopic (exact) mass is 329 g/mol. The SMILES string of the molecule is CC1CCCC(CCl)(NC(=O)COc2cccc(Cl)c2)C1. The maximum Gasteiger partial charge on any atom is 0.258 e. The summed E-state index contributed by atoms with van der Waals surface area (Å²) in [5, 5.41) is 3.66. The molecule has 2 unspecified atom stereocenters. The molecule has 1 aromatic rings. The van der Waals surface area contributed by atoms with Gasteiger partial charge in [0, 0.05) is 10.9 Å². The van der Waals surface area contributed by atoms with Crippen molar-refractivity contribution in [3.05, 3.63) is 29.3 Å². The summed E-state index contributed by atoms with van der Waals surface area (Å²) in [7, 11) is 0. The molecule has 1 aliphatic rings. The van der Waals surface area contributed by atoms with Crippen molar-refractivity contribution in [1.82, 2.24) is 5.32 Å². The fraction of sp³-hybridized carbons (Fsp3) is 0.562. The number of ether oxygens (including phenoxy) is 1. The molecule has 21 heavy (non-hydrogen) atoms. The molecular formula is C16H21Cl2NO2. The quantitative estimate of drug-likeness (QED) is 0.828. The number of halogens is 2. The lowest BCUT2D eigenvalue weighted by molar-refractivity contribution is -0.125. The second kappa shape index (κ2) is 7.37. The van der Waals surface area contributed by atoms with E-state index in [-0.39, 0.29) is 18.1 Å². The zero-order valence-corrected chi connectivity index (χ0v) is 13.7. The lowest BCUT2D eigenvalue weighted by Gasteiger charge is -2.39. The lowest BCUT2D eigenvalue weighted by atomic mass is 9.77. The number of amides is 1. The predicted octanol–water partition coefficient (Wildman–Crippen LogP) is 4.02. The molecule has 0 bridgehead atoms. The number of benzene rings is 1. The molecular weight excluding hydrogens is 309 g/mol. The van der Waals surface area contributed by atoms with Crippen LogP contribution in [0.2, 0.25) is 5.02 Å². The van der Waals surface area contributed by atoms with Gasteiger partial charge in [0.25, 0.3) is 5.91 Å². The highest BCUT2D eigenvalue weighted by molar-refractivity contribution is 6.30. The Morgan fingerprint density at radius 3 is 3.00 bits per heavy atom. The number of nitrogens with one attached hydrogen (secondary N) is 1. The van der Waals surface area contributed by atoms with Gasteiger partial charge in [-0.05, 0) is 37.0 Å². The van der Waals surface area contributed by atoms with E-state index >= 15 is 0 Å². The van der Waals surface area contributed by atoms with Crippen molar-refractivity contribution >= 4 is 29.1 Å². The summed E-state index contributed by atoms with van der Waals surface area (Å²) in [6, 6.07) is 7.02. The highest BCUT2D eigenvalue weighted by Crippen LogP contribution is 2.33. The van der Waals surface area contributed by atoms with Gasteiger partial charge in [0.1, 0.15) is 5.75 Å². The Hall–Kier alpha value is -0.930. The maximum atomic E-state index is 12.1. The number of carbonyl (C=O) groups is 1. The summed E-state index contributed by atoms with van der Waals surface area (Å²) in [5.74, 6) is 1.49. The summed E-state index contributed by atoms with van der Waals surface area (Å²) in [6.45, 7) is 2.18. The number of hydrogen-bond donors (Lipinski definition) is 1. The molecule has 3 nitrogen and oxygen atoms in total. The second-order valence-corrected chi connectivity index (χ2v) is 6.61. The van der Waals surface area contributed by atoms with E-state index in [4.69, 9.17) is 27.9 Å². The van der Waals surface area contributed by atoms with Crippen molar-refractivity contribution in [2.45, 2.75) is 38.1 Å². The van der Waals surface area contributed by atoms with Crippen LogP contribution in [0.5, 0.6) is 5.75 Å². The molecule has 1 fully saturated rings. The highest BCUT2D eigenvalue weighted by Gasteiger charge is 2.35. The average Bonchev–Trinajstić information content (AvgIpc) is 2.45. The summed E-state index contributed by atoms with van der Waals surface area (Å²) in [4.78, 5) is 12.1. The van der Waals surface area contributed by atoms with Gasteiger partial charge in [0.15, 0.2) is 6.61 Å². The zero-order chi connectivity index (χ0) is 15.3. The smallest absolute Gasteiger partial charge is 0.258 e. The van der Waals surface area contributed by atoms with Crippen molar-refractivity contribution in [2.75, 3.05) is 12.5 Å². The van der Waals surface area contributed by atoms with Crippen LogP contribution in [-0.2, 0) is 4.79 Å². The minimum Gasteiger partial charge on any atom is -0.484 e. The molecule has 1 amide bonds. The first-order valence-electron chi connectivity index (χ1n) is 7.28. The Bertz CT molecular complexity index is 495. The number of alkyl halides is 1. The van der Waals surface area contributed by atoms with Crippen molar-refractivity contribution in [1.29, 1.82) is 0 Å². The van der Waals surface area contributed by atoms with Crippen LogP contribution in [-0.4, -0.2) is 23.9 Å². The van der Waals surface area contributed by atoms with E-state index in [2.05, 4.69) is 12.2 Å². The molecule has 2 atom stereocenters. The van der Waals surface area contributed by atoms with Gasteiger partial charge in [-0.3, -0.25) is 4.79 Å². The summed E-state index contributed by atoms with van der Waals surface area (Å²) in [6.07, 6.45) is 4.17. The van der Waals surface area contributed by atoms with Gasteiger partial charge >= 0.3 is 0 Å². The Morgan fingerprint density at radius 2 is 2.33 bits per heavy atom.